The van der Waals surface area contributed by atoms with Crippen LogP contribution in [0.5, 0.6) is 0 Å². The first-order chi connectivity index (χ1) is 14.5. The predicted molar refractivity (Wildman–Crippen MR) is 113 cm³/mol. The number of rotatable bonds is 5. The van der Waals surface area contributed by atoms with E-state index in [0.29, 0.717) is 25.6 Å². The first kappa shape index (κ1) is 21.2. The molecule has 1 aromatic heterocycles. The van der Waals surface area contributed by atoms with Crippen LogP contribution in [0.1, 0.15) is 80.1 Å². The molecule has 0 aromatic carbocycles. The SMILES string of the molecule is Cc1nc([C@H]2CCN(C(=O)[C@@H]3CCCO3)C2)nc(C)c1CC(=O)NC1CCCCC1. The fourth-order valence-corrected chi connectivity index (χ4v) is 5.04. The van der Waals surface area contributed by atoms with Gasteiger partial charge in [-0.25, -0.2) is 9.97 Å². The van der Waals surface area contributed by atoms with E-state index in [1.54, 1.807) is 0 Å². The summed E-state index contributed by atoms with van der Waals surface area (Å²) in [6.45, 7) is 6.00. The maximum atomic E-state index is 12.6. The molecule has 3 heterocycles. The Morgan fingerprint density at radius 3 is 2.43 bits per heavy atom. The summed E-state index contributed by atoms with van der Waals surface area (Å²) < 4.78 is 5.55. The van der Waals surface area contributed by atoms with Gasteiger partial charge in [0, 0.05) is 48.6 Å². The van der Waals surface area contributed by atoms with Crippen molar-refractivity contribution in [3.63, 3.8) is 0 Å². The third kappa shape index (κ3) is 4.82. The van der Waals surface area contributed by atoms with E-state index in [-0.39, 0.29) is 23.8 Å². The van der Waals surface area contributed by atoms with Gasteiger partial charge in [-0.1, -0.05) is 19.3 Å². The van der Waals surface area contributed by atoms with Crippen molar-refractivity contribution in [1.82, 2.24) is 20.2 Å². The van der Waals surface area contributed by atoms with Gasteiger partial charge < -0.3 is 15.0 Å². The maximum Gasteiger partial charge on any atom is 0.251 e. The molecule has 3 fully saturated rings. The molecule has 0 radical (unpaired) electrons. The summed E-state index contributed by atoms with van der Waals surface area (Å²) in [6, 6.07) is 0.318. The minimum absolute atomic E-state index is 0.0682. The molecule has 7 heteroatoms. The highest BCUT2D eigenvalue weighted by atomic mass is 16.5. The van der Waals surface area contributed by atoms with E-state index in [1.165, 1.54) is 19.3 Å². The van der Waals surface area contributed by atoms with Crippen molar-refractivity contribution in [2.24, 2.45) is 0 Å². The van der Waals surface area contributed by atoms with Gasteiger partial charge in [0.15, 0.2) is 0 Å². The first-order valence-corrected chi connectivity index (χ1v) is 11.5. The van der Waals surface area contributed by atoms with Gasteiger partial charge in [0.2, 0.25) is 5.91 Å². The number of nitrogens with zero attached hydrogens (tertiary/aromatic N) is 3. The number of aromatic nitrogens is 2. The second kappa shape index (κ2) is 9.41. The zero-order valence-corrected chi connectivity index (χ0v) is 18.3. The lowest BCUT2D eigenvalue weighted by Crippen LogP contribution is -2.37. The number of aryl methyl sites for hydroxylation is 2. The first-order valence-electron chi connectivity index (χ1n) is 11.5. The summed E-state index contributed by atoms with van der Waals surface area (Å²) in [5.41, 5.74) is 2.68. The lowest BCUT2D eigenvalue weighted by Gasteiger charge is -2.23. The Balaban J connectivity index is 1.37. The Labute approximate surface area is 179 Å². The average Bonchev–Trinajstić information content (AvgIpc) is 3.43. The molecule has 0 bridgehead atoms. The largest absolute Gasteiger partial charge is 0.368 e. The normalized spacial score (nSPS) is 24.9. The monoisotopic (exact) mass is 414 g/mol. The molecule has 2 saturated heterocycles. The van der Waals surface area contributed by atoms with Crippen LogP contribution in [0.25, 0.3) is 0 Å². The fraction of sp³-hybridized carbons (Fsp3) is 0.739. The highest BCUT2D eigenvalue weighted by Gasteiger charge is 2.35. The van der Waals surface area contributed by atoms with Gasteiger partial charge in [0.25, 0.3) is 5.91 Å². The highest BCUT2D eigenvalue weighted by molar-refractivity contribution is 5.81. The van der Waals surface area contributed by atoms with E-state index in [1.807, 2.05) is 18.7 Å². The molecule has 3 aliphatic rings. The summed E-state index contributed by atoms with van der Waals surface area (Å²) in [5.74, 6) is 1.13. The molecular weight excluding hydrogens is 380 g/mol. The minimum Gasteiger partial charge on any atom is -0.368 e. The van der Waals surface area contributed by atoms with Crippen molar-refractivity contribution in [3.05, 3.63) is 22.8 Å². The molecule has 1 aromatic rings. The third-order valence-corrected chi connectivity index (χ3v) is 6.82. The number of carbonyl (C=O) groups is 2. The van der Waals surface area contributed by atoms with Gasteiger partial charge in [-0.3, -0.25) is 9.59 Å². The number of carbonyl (C=O) groups excluding carboxylic acids is 2. The Hall–Kier alpha value is -2.02. The van der Waals surface area contributed by atoms with Crippen LogP contribution >= 0.6 is 0 Å². The highest BCUT2D eigenvalue weighted by Crippen LogP contribution is 2.28. The number of hydrogen-bond acceptors (Lipinski definition) is 5. The zero-order chi connectivity index (χ0) is 21.1. The van der Waals surface area contributed by atoms with E-state index in [9.17, 15) is 9.59 Å². The molecule has 7 nitrogen and oxygen atoms in total. The van der Waals surface area contributed by atoms with Crippen molar-refractivity contribution in [2.45, 2.75) is 89.7 Å². The van der Waals surface area contributed by atoms with E-state index < -0.39 is 0 Å². The standard InChI is InChI=1S/C23H34N4O3/c1-15-19(13-21(28)26-18-7-4-3-5-8-18)16(2)25-22(24-15)17-10-11-27(14-17)23(29)20-9-6-12-30-20/h17-18,20H,3-14H2,1-2H3,(H,26,28)/t17-,20-/m0/s1. The average molecular weight is 415 g/mol. The third-order valence-electron chi connectivity index (χ3n) is 6.82. The molecule has 1 N–H and O–H groups in total. The van der Waals surface area contributed by atoms with Gasteiger partial charge in [-0.2, -0.15) is 0 Å². The maximum absolute atomic E-state index is 12.6. The van der Waals surface area contributed by atoms with Gasteiger partial charge >= 0.3 is 0 Å². The fourth-order valence-electron chi connectivity index (χ4n) is 5.04. The Morgan fingerprint density at radius 2 is 1.77 bits per heavy atom. The van der Waals surface area contributed by atoms with Crippen LogP contribution in [0.4, 0.5) is 0 Å². The van der Waals surface area contributed by atoms with Crippen LogP contribution < -0.4 is 5.32 Å². The molecule has 1 aliphatic carbocycles. The van der Waals surface area contributed by atoms with Gasteiger partial charge in [-0.05, 0) is 46.0 Å². The Bertz CT molecular complexity index is 762. The van der Waals surface area contributed by atoms with Crippen LogP contribution in [-0.4, -0.2) is 58.5 Å². The van der Waals surface area contributed by atoms with Crippen LogP contribution in [0.2, 0.25) is 0 Å². The van der Waals surface area contributed by atoms with Gasteiger partial charge in [0.05, 0.1) is 6.42 Å². The molecule has 164 valence electrons. The summed E-state index contributed by atoms with van der Waals surface area (Å²) in [7, 11) is 0. The summed E-state index contributed by atoms with van der Waals surface area (Å²) in [6.07, 6.45) is 8.59. The van der Waals surface area contributed by atoms with Crippen molar-refractivity contribution in [2.75, 3.05) is 19.7 Å². The van der Waals surface area contributed by atoms with Crippen molar-refractivity contribution in [3.8, 4) is 0 Å². The van der Waals surface area contributed by atoms with Crippen molar-refractivity contribution in [1.29, 1.82) is 0 Å². The van der Waals surface area contributed by atoms with E-state index in [2.05, 4.69) is 5.32 Å². The molecule has 2 aliphatic heterocycles. The lowest BCUT2D eigenvalue weighted by molar-refractivity contribution is -0.139. The number of hydrogen-bond donors (Lipinski definition) is 1. The van der Waals surface area contributed by atoms with E-state index in [0.717, 1.165) is 61.4 Å². The van der Waals surface area contributed by atoms with Crippen LogP contribution in [0.3, 0.4) is 0 Å². The van der Waals surface area contributed by atoms with Crippen LogP contribution in [0, 0.1) is 13.8 Å². The zero-order valence-electron chi connectivity index (χ0n) is 18.3. The van der Waals surface area contributed by atoms with E-state index >= 15 is 0 Å². The second-order valence-corrected chi connectivity index (χ2v) is 9.08. The molecule has 2 atom stereocenters. The Morgan fingerprint density at radius 1 is 1.03 bits per heavy atom. The molecular formula is C23H34N4O3. The number of nitrogens with one attached hydrogen (secondary N) is 1. The smallest absolute Gasteiger partial charge is 0.251 e. The predicted octanol–water partition coefficient (Wildman–Crippen LogP) is 2.58. The van der Waals surface area contributed by atoms with Crippen molar-refractivity contribution < 1.29 is 14.3 Å². The molecule has 1 saturated carbocycles. The molecule has 4 rings (SSSR count). The molecule has 30 heavy (non-hydrogen) atoms. The van der Waals surface area contributed by atoms with E-state index in [4.69, 9.17) is 14.7 Å². The molecule has 0 spiro atoms. The number of likely N-dealkylation sites (tertiary alicyclic amines) is 1. The Kier molecular flexibility index (Phi) is 6.66. The lowest BCUT2D eigenvalue weighted by atomic mass is 9.95. The summed E-state index contributed by atoms with van der Waals surface area (Å²) >= 11 is 0. The number of amides is 2. The van der Waals surface area contributed by atoms with Gasteiger partial charge in [0.1, 0.15) is 11.9 Å². The van der Waals surface area contributed by atoms with Crippen LogP contribution in [0.15, 0.2) is 0 Å². The number of ether oxygens (including phenoxy) is 1. The topological polar surface area (TPSA) is 84.4 Å². The minimum atomic E-state index is -0.266. The van der Waals surface area contributed by atoms with Crippen LogP contribution in [-0.2, 0) is 20.7 Å². The summed E-state index contributed by atoms with van der Waals surface area (Å²) in [4.78, 5) is 36.6. The quantitative estimate of drug-likeness (QED) is 0.801. The van der Waals surface area contributed by atoms with Crippen molar-refractivity contribution >= 4 is 11.8 Å². The summed E-state index contributed by atoms with van der Waals surface area (Å²) in [5, 5.41) is 3.19. The molecule has 2 amide bonds. The van der Waals surface area contributed by atoms with Gasteiger partial charge in [-0.15, -0.1) is 0 Å². The second-order valence-electron chi connectivity index (χ2n) is 9.08. The molecule has 0 unspecified atom stereocenters.